The van der Waals surface area contributed by atoms with Crippen molar-refractivity contribution in [2.45, 2.75) is 6.42 Å². The van der Waals surface area contributed by atoms with Gasteiger partial charge in [-0.25, -0.2) is 0 Å². The summed E-state index contributed by atoms with van der Waals surface area (Å²) in [5.41, 5.74) is -0.00715. The highest BCUT2D eigenvalue weighted by Crippen LogP contribution is 2.27. The normalized spacial score (nSPS) is 11.9. The van der Waals surface area contributed by atoms with E-state index >= 15 is 0 Å². The van der Waals surface area contributed by atoms with Crippen molar-refractivity contribution in [2.24, 2.45) is 0 Å². The lowest BCUT2D eigenvalue weighted by Crippen LogP contribution is -2.08. The van der Waals surface area contributed by atoms with E-state index in [1.165, 1.54) is 11.3 Å². The molecule has 1 aromatic heterocycles. The third kappa shape index (κ3) is 3.69. The quantitative estimate of drug-likeness (QED) is 0.434. The summed E-state index contributed by atoms with van der Waals surface area (Å²) in [6.45, 7) is 0.174. The van der Waals surface area contributed by atoms with Crippen LogP contribution in [0.1, 0.15) is 6.42 Å². The molecule has 3 aromatic rings. The second kappa shape index (κ2) is 6.27. The maximum absolute atomic E-state index is 12.4. The van der Waals surface area contributed by atoms with Crippen LogP contribution in [0.2, 0.25) is 0 Å². The van der Waals surface area contributed by atoms with Crippen molar-refractivity contribution >= 4 is 41.6 Å². The van der Waals surface area contributed by atoms with E-state index in [0.717, 1.165) is 9.40 Å². The van der Waals surface area contributed by atoms with Gasteiger partial charge in [0.1, 0.15) is 5.75 Å². The van der Waals surface area contributed by atoms with Gasteiger partial charge in [-0.1, -0.05) is 12.1 Å². The molecule has 7 heteroatoms. The van der Waals surface area contributed by atoms with Gasteiger partial charge in [-0.2, -0.15) is 8.42 Å². The predicted octanol–water partition coefficient (Wildman–Crippen LogP) is 3.07. The first-order chi connectivity index (χ1) is 10.9. The van der Waals surface area contributed by atoms with Gasteiger partial charge in [0.2, 0.25) is 0 Å². The van der Waals surface area contributed by atoms with E-state index in [4.69, 9.17) is 9.29 Å². The molecule has 0 unspecified atom stereocenters. The molecule has 0 bridgehead atoms. The van der Waals surface area contributed by atoms with Gasteiger partial charge in [-0.05, 0) is 36.8 Å². The minimum Gasteiger partial charge on any atom is -0.494 e. The van der Waals surface area contributed by atoms with E-state index in [0.29, 0.717) is 16.5 Å². The first kappa shape index (κ1) is 15.9. The maximum atomic E-state index is 12.4. The van der Waals surface area contributed by atoms with Crippen LogP contribution < -0.4 is 10.2 Å². The Kier molecular flexibility index (Phi) is 4.34. The lowest BCUT2D eigenvalue weighted by atomic mass is 10.2. The predicted molar refractivity (Wildman–Crippen MR) is 92.1 cm³/mol. The smallest absolute Gasteiger partial charge is 0.264 e. The summed E-state index contributed by atoms with van der Waals surface area (Å²) in [6, 6.07) is 12.6. The molecular formula is C16H14O5S2. The molecule has 1 heterocycles. The van der Waals surface area contributed by atoms with Gasteiger partial charge in [0, 0.05) is 20.2 Å². The molecule has 0 fully saturated rings. The van der Waals surface area contributed by atoms with Crippen molar-refractivity contribution in [1.82, 2.24) is 0 Å². The van der Waals surface area contributed by atoms with Crippen LogP contribution in [0.4, 0.5) is 0 Å². The Morgan fingerprint density at radius 2 is 1.78 bits per heavy atom. The second-order valence-corrected chi connectivity index (χ2v) is 7.73. The highest BCUT2D eigenvalue weighted by Gasteiger charge is 2.07. The Morgan fingerprint density at radius 3 is 2.57 bits per heavy atom. The van der Waals surface area contributed by atoms with E-state index in [1.807, 2.05) is 24.3 Å². The lowest BCUT2D eigenvalue weighted by molar-refractivity contribution is 0.316. The largest absolute Gasteiger partial charge is 0.494 e. The zero-order valence-electron chi connectivity index (χ0n) is 12.1. The summed E-state index contributed by atoms with van der Waals surface area (Å²) in [6.07, 6.45) is 0.199. The molecule has 0 aliphatic carbocycles. The standard InChI is InChI=1S/C16H14O5S2/c17-16-12-4-1-2-5-14(12)22-15-10-11(6-7-13(15)16)21-8-3-9-23(18,19)20/h1-2,4-7,10H,3,8-9H2,(H,18,19,20). The molecule has 0 aliphatic rings. The van der Waals surface area contributed by atoms with Crippen molar-refractivity contribution < 1.29 is 17.7 Å². The third-order valence-corrected chi connectivity index (χ3v) is 5.30. The molecular weight excluding hydrogens is 336 g/mol. The Morgan fingerprint density at radius 1 is 1.04 bits per heavy atom. The van der Waals surface area contributed by atoms with Crippen LogP contribution in [-0.2, 0) is 10.1 Å². The summed E-state index contributed by atoms with van der Waals surface area (Å²) in [4.78, 5) is 12.4. The van der Waals surface area contributed by atoms with Crippen molar-refractivity contribution in [3.8, 4) is 5.75 Å². The molecule has 0 spiro atoms. The summed E-state index contributed by atoms with van der Waals surface area (Å²) >= 11 is 1.51. The van der Waals surface area contributed by atoms with Gasteiger partial charge >= 0.3 is 0 Å². The molecule has 0 amide bonds. The molecule has 1 N–H and O–H groups in total. The van der Waals surface area contributed by atoms with Gasteiger partial charge in [0.05, 0.1) is 12.4 Å². The van der Waals surface area contributed by atoms with Crippen molar-refractivity contribution in [3.63, 3.8) is 0 Å². The lowest BCUT2D eigenvalue weighted by Gasteiger charge is -2.07. The molecule has 3 rings (SSSR count). The maximum Gasteiger partial charge on any atom is 0.264 e. The molecule has 120 valence electrons. The fraction of sp³-hybridized carbons (Fsp3) is 0.188. The molecule has 0 saturated heterocycles. The minimum atomic E-state index is -3.96. The number of fused-ring (bicyclic) bond motifs is 2. The molecule has 0 radical (unpaired) electrons. The summed E-state index contributed by atoms with van der Waals surface area (Å²) in [7, 11) is -3.96. The number of ether oxygens (including phenoxy) is 1. The Labute approximate surface area is 136 Å². The monoisotopic (exact) mass is 350 g/mol. The van der Waals surface area contributed by atoms with Gasteiger partial charge < -0.3 is 4.74 Å². The molecule has 2 aromatic carbocycles. The van der Waals surface area contributed by atoms with E-state index < -0.39 is 10.1 Å². The molecule has 23 heavy (non-hydrogen) atoms. The Balaban J connectivity index is 1.87. The minimum absolute atomic E-state index is 0.00715. The average Bonchev–Trinajstić information content (AvgIpc) is 2.51. The first-order valence-electron chi connectivity index (χ1n) is 6.98. The van der Waals surface area contributed by atoms with Gasteiger partial charge in [0.25, 0.3) is 10.1 Å². The van der Waals surface area contributed by atoms with Gasteiger partial charge in [-0.15, -0.1) is 11.3 Å². The fourth-order valence-electron chi connectivity index (χ4n) is 2.30. The van der Waals surface area contributed by atoms with Gasteiger partial charge in [0.15, 0.2) is 5.43 Å². The summed E-state index contributed by atoms with van der Waals surface area (Å²) in [5, 5.41) is 1.34. The third-order valence-electron chi connectivity index (χ3n) is 3.36. The van der Waals surface area contributed by atoms with Crippen LogP contribution in [0, 0.1) is 0 Å². The van der Waals surface area contributed by atoms with Crippen LogP contribution in [0.5, 0.6) is 5.75 Å². The van der Waals surface area contributed by atoms with Crippen LogP contribution in [0.25, 0.3) is 20.2 Å². The topological polar surface area (TPSA) is 80.7 Å². The fourth-order valence-corrected chi connectivity index (χ4v) is 3.89. The first-order valence-corrected chi connectivity index (χ1v) is 9.40. The SMILES string of the molecule is O=c1c2ccccc2sc2cc(OCCCS(=O)(=O)O)ccc12. The van der Waals surface area contributed by atoms with E-state index in [2.05, 4.69) is 0 Å². The van der Waals surface area contributed by atoms with Gasteiger partial charge in [-0.3, -0.25) is 9.35 Å². The van der Waals surface area contributed by atoms with E-state index in [1.54, 1.807) is 18.2 Å². The molecule has 0 atom stereocenters. The van der Waals surface area contributed by atoms with Crippen LogP contribution in [0.3, 0.4) is 0 Å². The molecule has 0 aliphatic heterocycles. The number of rotatable bonds is 5. The zero-order chi connectivity index (χ0) is 16.4. The van der Waals surface area contributed by atoms with Crippen molar-refractivity contribution in [1.29, 1.82) is 0 Å². The number of hydrogen-bond donors (Lipinski definition) is 1. The zero-order valence-corrected chi connectivity index (χ0v) is 13.7. The van der Waals surface area contributed by atoms with Crippen molar-refractivity contribution in [2.75, 3.05) is 12.4 Å². The molecule has 0 saturated carbocycles. The van der Waals surface area contributed by atoms with Crippen LogP contribution in [-0.4, -0.2) is 25.3 Å². The van der Waals surface area contributed by atoms with E-state index in [9.17, 15) is 13.2 Å². The van der Waals surface area contributed by atoms with E-state index in [-0.39, 0.29) is 24.2 Å². The highest BCUT2D eigenvalue weighted by molar-refractivity contribution is 7.85. The Bertz CT molecular complexity index is 1020. The van der Waals surface area contributed by atoms with Crippen LogP contribution >= 0.6 is 11.3 Å². The summed E-state index contributed by atoms with van der Waals surface area (Å²) < 4.78 is 37.2. The molecule has 5 nitrogen and oxygen atoms in total. The average molecular weight is 350 g/mol. The summed E-state index contributed by atoms with van der Waals surface area (Å²) in [5.74, 6) is 0.234. The highest BCUT2D eigenvalue weighted by atomic mass is 32.2. The Hall–Kier alpha value is -1.96. The second-order valence-electron chi connectivity index (χ2n) is 5.07. The van der Waals surface area contributed by atoms with Crippen molar-refractivity contribution in [3.05, 3.63) is 52.7 Å². The van der Waals surface area contributed by atoms with Crippen LogP contribution in [0.15, 0.2) is 47.3 Å². The number of benzene rings is 2. The number of hydrogen-bond acceptors (Lipinski definition) is 5.